The summed E-state index contributed by atoms with van der Waals surface area (Å²) < 4.78 is 27.7. The third kappa shape index (κ3) is 2.67. The zero-order chi connectivity index (χ0) is 18.7. The number of aryl methyl sites for hydroxylation is 1. The number of benzene rings is 1. The lowest BCUT2D eigenvalue weighted by Crippen LogP contribution is -2.60. The van der Waals surface area contributed by atoms with E-state index >= 15 is 0 Å². The number of piperidine rings is 3. The topological polar surface area (TPSA) is 52.2 Å². The van der Waals surface area contributed by atoms with Crippen molar-refractivity contribution >= 4 is 5.91 Å². The van der Waals surface area contributed by atoms with Crippen LogP contribution in [0.2, 0.25) is 0 Å². The normalized spacial score (nSPS) is 32.0. The number of nitrogens with one attached hydrogen (secondary N) is 1. The van der Waals surface area contributed by atoms with E-state index in [2.05, 4.69) is 15.1 Å². The van der Waals surface area contributed by atoms with Crippen LogP contribution in [-0.2, 0) is 0 Å². The highest BCUT2D eigenvalue weighted by molar-refractivity contribution is 5.93. The van der Waals surface area contributed by atoms with Crippen molar-refractivity contribution in [1.82, 2.24) is 20.0 Å². The summed E-state index contributed by atoms with van der Waals surface area (Å²) in [7, 11) is 0. The lowest BCUT2D eigenvalue weighted by atomic mass is 9.75. The molecule has 4 saturated heterocycles. The number of H-pyrrole nitrogens is 1. The second-order valence-corrected chi connectivity index (χ2v) is 8.06. The molecule has 0 aliphatic carbocycles. The predicted octanol–water partition coefficient (Wildman–Crippen LogP) is 2.70. The van der Waals surface area contributed by atoms with Crippen LogP contribution in [0.5, 0.6) is 0 Å². The van der Waals surface area contributed by atoms with Crippen LogP contribution in [0.4, 0.5) is 8.78 Å². The molecule has 7 heteroatoms. The quantitative estimate of drug-likeness (QED) is 0.882. The zero-order valence-corrected chi connectivity index (χ0v) is 15.2. The maximum atomic E-state index is 13.9. The molecule has 4 aliphatic rings. The molecule has 1 N–H and O–H groups in total. The third-order valence-corrected chi connectivity index (χ3v) is 6.49. The van der Waals surface area contributed by atoms with Gasteiger partial charge in [0.2, 0.25) is 0 Å². The highest BCUT2D eigenvalue weighted by Gasteiger charge is 2.55. The van der Waals surface area contributed by atoms with Crippen molar-refractivity contribution < 1.29 is 13.6 Å². The van der Waals surface area contributed by atoms with Gasteiger partial charge in [0.25, 0.3) is 5.91 Å². The molecule has 27 heavy (non-hydrogen) atoms. The lowest BCUT2D eigenvalue weighted by molar-refractivity contribution is -0.00361. The van der Waals surface area contributed by atoms with Gasteiger partial charge in [0.05, 0.1) is 6.04 Å². The van der Waals surface area contributed by atoms with Gasteiger partial charge in [-0.25, -0.2) is 8.78 Å². The van der Waals surface area contributed by atoms with Crippen LogP contribution >= 0.6 is 0 Å². The van der Waals surface area contributed by atoms with Crippen LogP contribution in [0.3, 0.4) is 0 Å². The molecule has 142 valence electrons. The Morgan fingerprint density at radius 3 is 2.44 bits per heavy atom. The molecule has 1 aromatic carbocycles. The Kier molecular flexibility index (Phi) is 3.82. The van der Waals surface area contributed by atoms with Gasteiger partial charge in [-0.1, -0.05) is 0 Å². The molecule has 0 unspecified atom stereocenters. The van der Waals surface area contributed by atoms with E-state index in [1.54, 1.807) is 6.07 Å². The Labute approximate surface area is 156 Å². The second-order valence-electron chi connectivity index (χ2n) is 8.06. The molecule has 6 rings (SSSR count). The number of rotatable bonds is 2. The summed E-state index contributed by atoms with van der Waals surface area (Å²) >= 11 is 0. The van der Waals surface area contributed by atoms with Crippen molar-refractivity contribution in [3.05, 3.63) is 52.9 Å². The van der Waals surface area contributed by atoms with Gasteiger partial charge in [0, 0.05) is 30.3 Å². The molecular formula is C20H22F2N4O. The van der Waals surface area contributed by atoms with Gasteiger partial charge in [0.1, 0.15) is 17.3 Å². The molecule has 2 bridgehead atoms. The average molecular weight is 372 g/mol. The van der Waals surface area contributed by atoms with E-state index in [0.717, 1.165) is 37.7 Å². The Balaban J connectivity index is 1.54. The molecule has 4 fully saturated rings. The molecule has 4 aliphatic heterocycles. The van der Waals surface area contributed by atoms with Gasteiger partial charge in [-0.2, -0.15) is 5.10 Å². The van der Waals surface area contributed by atoms with E-state index in [4.69, 9.17) is 0 Å². The van der Waals surface area contributed by atoms with Crippen LogP contribution in [0.1, 0.15) is 40.5 Å². The summed E-state index contributed by atoms with van der Waals surface area (Å²) in [6.07, 6.45) is 2.13. The number of likely N-dealkylation sites (tertiary alicyclic amines) is 1. The number of aromatic nitrogens is 2. The van der Waals surface area contributed by atoms with Gasteiger partial charge < -0.3 is 4.90 Å². The van der Waals surface area contributed by atoms with Gasteiger partial charge in [-0.3, -0.25) is 14.8 Å². The molecule has 5 nitrogen and oxygen atoms in total. The monoisotopic (exact) mass is 372 g/mol. The third-order valence-electron chi connectivity index (χ3n) is 6.49. The molecule has 0 spiro atoms. The van der Waals surface area contributed by atoms with E-state index in [0.29, 0.717) is 23.7 Å². The van der Waals surface area contributed by atoms with Crippen molar-refractivity contribution in [2.45, 2.75) is 37.8 Å². The Bertz CT molecular complexity index is 870. The first-order valence-electron chi connectivity index (χ1n) is 9.54. The summed E-state index contributed by atoms with van der Waals surface area (Å²) in [5, 5.41) is 6.97. The summed E-state index contributed by atoms with van der Waals surface area (Å²) in [5.74, 6) is -0.877. The van der Waals surface area contributed by atoms with Gasteiger partial charge in [0.15, 0.2) is 0 Å². The number of amides is 1. The van der Waals surface area contributed by atoms with Crippen LogP contribution in [-0.4, -0.2) is 57.6 Å². The van der Waals surface area contributed by atoms with Crippen LogP contribution in [0, 0.1) is 24.5 Å². The summed E-state index contributed by atoms with van der Waals surface area (Å²) in [4.78, 5) is 17.5. The first-order chi connectivity index (χ1) is 13.0. The predicted molar refractivity (Wildman–Crippen MR) is 95.3 cm³/mol. The zero-order valence-electron chi connectivity index (χ0n) is 15.2. The minimum atomic E-state index is -0.565. The van der Waals surface area contributed by atoms with Crippen molar-refractivity contribution in [1.29, 1.82) is 0 Å². The number of fused-ring (bicyclic) bond motifs is 2. The van der Waals surface area contributed by atoms with Crippen LogP contribution in [0.25, 0.3) is 0 Å². The Morgan fingerprint density at radius 2 is 1.81 bits per heavy atom. The fraction of sp³-hybridized carbons (Fsp3) is 0.500. The first kappa shape index (κ1) is 16.9. The van der Waals surface area contributed by atoms with Crippen molar-refractivity contribution in [3.63, 3.8) is 0 Å². The first-order valence-corrected chi connectivity index (χ1v) is 9.54. The van der Waals surface area contributed by atoms with E-state index in [1.165, 1.54) is 12.1 Å². The highest BCUT2D eigenvalue weighted by atomic mass is 19.1. The van der Waals surface area contributed by atoms with Crippen molar-refractivity contribution in [3.8, 4) is 0 Å². The lowest BCUT2D eigenvalue weighted by Gasteiger charge is -2.51. The molecule has 1 amide bonds. The maximum absolute atomic E-state index is 13.9. The fourth-order valence-electron chi connectivity index (χ4n) is 5.41. The standard InChI is InChI=1S/C20H22F2N4O/c1-11-6-17(24-23-11)20(27)26-10-16(13-7-14(21)9-15(22)8-13)19-18(26)12-2-4-25(19)5-3-12/h6-9,12,16,18-19H,2-5,10H2,1H3,(H,23,24)/t16-,18+,19+/m0/s1. The number of hydrogen-bond acceptors (Lipinski definition) is 3. The number of carbonyl (C=O) groups excluding carboxylic acids is 1. The number of halogens is 2. The molecule has 2 aromatic rings. The smallest absolute Gasteiger partial charge is 0.274 e. The van der Waals surface area contributed by atoms with E-state index in [-0.39, 0.29) is 23.9 Å². The number of nitrogens with zero attached hydrogens (tertiary/aromatic N) is 3. The van der Waals surface area contributed by atoms with E-state index < -0.39 is 11.6 Å². The van der Waals surface area contributed by atoms with Crippen LogP contribution < -0.4 is 0 Å². The summed E-state index contributed by atoms with van der Waals surface area (Å²) in [5.41, 5.74) is 1.89. The average Bonchev–Trinajstić information content (AvgIpc) is 3.26. The van der Waals surface area contributed by atoms with E-state index in [9.17, 15) is 13.6 Å². The minimum absolute atomic E-state index is 0.0772. The SMILES string of the molecule is Cc1cc(C(=O)N2C[C@@H](c3cc(F)cc(F)c3)[C@@H]3[C@H]2C2CCN3CC2)n[nH]1. The molecule has 0 radical (unpaired) electrons. The van der Waals surface area contributed by atoms with E-state index in [1.807, 2.05) is 11.8 Å². The van der Waals surface area contributed by atoms with Gasteiger partial charge >= 0.3 is 0 Å². The number of carbonyl (C=O) groups is 1. The molecule has 1 aromatic heterocycles. The van der Waals surface area contributed by atoms with Gasteiger partial charge in [-0.05, 0) is 62.5 Å². The molecular weight excluding hydrogens is 350 g/mol. The largest absolute Gasteiger partial charge is 0.332 e. The highest BCUT2D eigenvalue weighted by Crippen LogP contribution is 2.47. The van der Waals surface area contributed by atoms with Crippen molar-refractivity contribution in [2.75, 3.05) is 19.6 Å². The maximum Gasteiger partial charge on any atom is 0.274 e. The molecule has 0 saturated carbocycles. The fourth-order valence-corrected chi connectivity index (χ4v) is 5.41. The Morgan fingerprint density at radius 1 is 1.11 bits per heavy atom. The number of hydrogen-bond donors (Lipinski definition) is 1. The molecule has 5 heterocycles. The second kappa shape index (κ2) is 6.12. The van der Waals surface area contributed by atoms with Crippen LogP contribution in [0.15, 0.2) is 24.3 Å². The molecule has 3 atom stereocenters. The number of aromatic amines is 1. The van der Waals surface area contributed by atoms with Crippen molar-refractivity contribution in [2.24, 2.45) is 5.92 Å². The van der Waals surface area contributed by atoms with Gasteiger partial charge in [-0.15, -0.1) is 0 Å². The minimum Gasteiger partial charge on any atom is -0.332 e. The Hall–Kier alpha value is -2.28. The summed E-state index contributed by atoms with van der Waals surface area (Å²) in [6, 6.07) is 5.69. The summed E-state index contributed by atoms with van der Waals surface area (Å²) in [6.45, 7) is 4.31.